The van der Waals surface area contributed by atoms with Crippen molar-refractivity contribution in [1.29, 1.82) is 0 Å². The number of rotatable bonds is 4. The van der Waals surface area contributed by atoms with Gasteiger partial charge in [0.15, 0.2) is 5.65 Å². The molecule has 0 saturated carbocycles. The van der Waals surface area contributed by atoms with Gasteiger partial charge in [0.2, 0.25) is 0 Å². The maximum absolute atomic E-state index is 12.0. The summed E-state index contributed by atoms with van der Waals surface area (Å²) < 4.78 is 1.82. The highest BCUT2D eigenvalue weighted by Gasteiger charge is 2.27. The molecule has 6 heteroatoms. The second-order valence-corrected chi connectivity index (χ2v) is 6.45. The Morgan fingerprint density at radius 1 is 1.28 bits per heavy atom. The predicted octanol–water partition coefficient (Wildman–Crippen LogP) is 2.08. The van der Waals surface area contributed by atoms with Gasteiger partial charge in [-0.2, -0.15) is 5.10 Å². The molecule has 0 bridgehead atoms. The van der Waals surface area contributed by atoms with Crippen molar-refractivity contribution in [2.24, 2.45) is 0 Å². The third-order valence-electron chi connectivity index (χ3n) is 4.84. The molecule has 1 atom stereocenters. The molecule has 2 aromatic heterocycles. The Morgan fingerprint density at radius 2 is 2.12 bits per heavy atom. The topological polar surface area (TPSA) is 62.5 Å². The monoisotopic (exact) mass is 335 g/mol. The van der Waals surface area contributed by atoms with E-state index in [1.54, 1.807) is 19.4 Å². The molecule has 0 aliphatic carbocycles. The molecule has 4 rings (SSSR count). The summed E-state index contributed by atoms with van der Waals surface area (Å²) in [6.07, 6.45) is 4.46. The third-order valence-corrected chi connectivity index (χ3v) is 4.84. The van der Waals surface area contributed by atoms with E-state index >= 15 is 0 Å². The second-order valence-electron chi connectivity index (χ2n) is 6.45. The Labute approximate surface area is 146 Å². The number of aromatic nitrogens is 3. The van der Waals surface area contributed by atoms with E-state index in [0.717, 1.165) is 31.7 Å². The van der Waals surface area contributed by atoms with Gasteiger partial charge in [0.25, 0.3) is 5.91 Å². The van der Waals surface area contributed by atoms with Crippen LogP contribution in [0.3, 0.4) is 0 Å². The lowest BCUT2D eigenvalue weighted by Gasteiger charge is -2.16. The van der Waals surface area contributed by atoms with E-state index < -0.39 is 0 Å². The van der Waals surface area contributed by atoms with Gasteiger partial charge in [-0.1, -0.05) is 30.3 Å². The van der Waals surface area contributed by atoms with Gasteiger partial charge in [-0.3, -0.25) is 9.69 Å². The molecule has 128 valence electrons. The summed E-state index contributed by atoms with van der Waals surface area (Å²) in [5.41, 5.74) is 3.60. The van der Waals surface area contributed by atoms with Crippen molar-refractivity contribution in [1.82, 2.24) is 24.8 Å². The quantitative estimate of drug-likeness (QED) is 0.793. The van der Waals surface area contributed by atoms with Crippen LogP contribution >= 0.6 is 0 Å². The predicted molar refractivity (Wildman–Crippen MR) is 95.5 cm³/mol. The highest BCUT2D eigenvalue weighted by Crippen LogP contribution is 2.28. The maximum Gasteiger partial charge on any atom is 0.256 e. The van der Waals surface area contributed by atoms with E-state index in [4.69, 9.17) is 0 Å². The molecule has 3 heterocycles. The van der Waals surface area contributed by atoms with Crippen LogP contribution in [0, 0.1) is 0 Å². The van der Waals surface area contributed by atoms with Gasteiger partial charge in [-0.05, 0) is 24.6 Å². The lowest BCUT2D eigenvalue weighted by Crippen LogP contribution is -2.20. The molecule has 1 aliphatic rings. The van der Waals surface area contributed by atoms with Crippen LogP contribution < -0.4 is 5.32 Å². The molecule has 1 amide bonds. The Balaban J connectivity index is 1.56. The first-order valence-electron chi connectivity index (χ1n) is 8.57. The summed E-state index contributed by atoms with van der Waals surface area (Å²) in [7, 11) is 1.62. The second kappa shape index (κ2) is 6.64. The summed E-state index contributed by atoms with van der Waals surface area (Å²) >= 11 is 0. The van der Waals surface area contributed by atoms with Crippen LogP contribution in [0.1, 0.15) is 34.0 Å². The zero-order valence-electron chi connectivity index (χ0n) is 14.2. The van der Waals surface area contributed by atoms with Gasteiger partial charge in [-0.25, -0.2) is 9.50 Å². The van der Waals surface area contributed by atoms with Crippen molar-refractivity contribution in [3.63, 3.8) is 0 Å². The number of carbonyl (C=O) groups excluding carboxylic acids is 1. The van der Waals surface area contributed by atoms with Crippen molar-refractivity contribution in [3.8, 4) is 0 Å². The van der Waals surface area contributed by atoms with E-state index in [9.17, 15) is 4.79 Å². The van der Waals surface area contributed by atoms with Gasteiger partial charge in [0, 0.05) is 32.3 Å². The molecular weight excluding hydrogens is 314 g/mol. The summed E-state index contributed by atoms with van der Waals surface area (Å²) in [5, 5.41) is 7.06. The number of hydrogen-bond donors (Lipinski definition) is 1. The molecular formula is C19H21N5O. The number of likely N-dealkylation sites (tertiary alicyclic amines) is 1. The van der Waals surface area contributed by atoms with Crippen LogP contribution in [0.2, 0.25) is 0 Å². The molecule has 0 radical (unpaired) electrons. The van der Waals surface area contributed by atoms with Crippen molar-refractivity contribution in [2.45, 2.75) is 18.9 Å². The summed E-state index contributed by atoms with van der Waals surface area (Å²) in [6, 6.07) is 12.6. The first kappa shape index (κ1) is 15.8. The first-order chi connectivity index (χ1) is 12.3. The zero-order chi connectivity index (χ0) is 17.2. The highest BCUT2D eigenvalue weighted by molar-refractivity contribution is 5.99. The van der Waals surface area contributed by atoms with E-state index in [-0.39, 0.29) is 5.91 Å². The number of hydrogen-bond acceptors (Lipinski definition) is 4. The fourth-order valence-electron chi connectivity index (χ4n) is 3.57. The Bertz CT molecular complexity index is 889. The molecule has 0 unspecified atom stereocenters. The van der Waals surface area contributed by atoms with Crippen molar-refractivity contribution >= 4 is 11.6 Å². The average molecular weight is 335 g/mol. The van der Waals surface area contributed by atoms with E-state index in [1.165, 1.54) is 5.56 Å². The minimum absolute atomic E-state index is 0.156. The standard InChI is InChI=1S/C19H21N5O/c1-20-19(25)16-11-22-24-17(7-9-21-18(16)24)15-8-10-23(13-15)12-14-5-3-2-4-6-14/h2-7,9,11,15H,8,10,12-13H2,1H3,(H,20,25)/t15-/m1/s1. The molecule has 3 aromatic rings. The van der Waals surface area contributed by atoms with E-state index in [1.807, 2.05) is 16.6 Å². The Kier molecular flexibility index (Phi) is 4.19. The number of amides is 1. The van der Waals surface area contributed by atoms with Crippen molar-refractivity contribution < 1.29 is 4.79 Å². The number of benzene rings is 1. The van der Waals surface area contributed by atoms with Gasteiger partial charge in [0.1, 0.15) is 5.56 Å². The number of fused-ring (bicyclic) bond motifs is 1. The molecule has 25 heavy (non-hydrogen) atoms. The lowest BCUT2D eigenvalue weighted by molar-refractivity contribution is 0.0964. The number of carbonyl (C=O) groups is 1. The number of nitrogens with one attached hydrogen (secondary N) is 1. The maximum atomic E-state index is 12.0. The molecule has 1 aliphatic heterocycles. The van der Waals surface area contributed by atoms with E-state index in [2.05, 4.69) is 44.6 Å². The van der Waals surface area contributed by atoms with Gasteiger partial charge in [-0.15, -0.1) is 0 Å². The van der Waals surface area contributed by atoms with Crippen molar-refractivity contribution in [3.05, 3.63) is 65.6 Å². The summed E-state index contributed by atoms with van der Waals surface area (Å²) in [5.74, 6) is 0.239. The number of nitrogens with zero attached hydrogens (tertiary/aromatic N) is 4. The molecule has 1 saturated heterocycles. The Morgan fingerprint density at radius 3 is 2.92 bits per heavy atom. The van der Waals surface area contributed by atoms with Crippen LogP contribution in [0.4, 0.5) is 0 Å². The smallest absolute Gasteiger partial charge is 0.256 e. The van der Waals surface area contributed by atoms with Crippen LogP contribution in [-0.4, -0.2) is 45.5 Å². The molecule has 6 nitrogen and oxygen atoms in total. The normalized spacial score (nSPS) is 17.9. The Hall–Kier alpha value is -2.73. The van der Waals surface area contributed by atoms with Crippen LogP contribution in [-0.2, 0) is 6.54 Å². The summed E-state index contributed by atoms with van der Waals surface area (Å²) in [6.45, 7) is 3.02. The van der Waals surface area contributed by atoms with Crippen LogP contribution in [0.15, 0.2) is 48.8 Å². The molecule has 1 N–H and O–H groups in total. The van der Waals surface area contributed by atoms with E-state index in [0.29, 0.717) is 17.1 Å². The fourth-order valence-corrected chi connectivity index (χ4v) is 3.57. The van der Waals surface area contributed by atoms with Gasteiger partial charge < -0.3 is 5.32 Å². The lowest BCUT2D eigenvalue weighted by atomic mass is 10.0. The largest absolute Gasteiger partial charge is 0.355 e. The SMILES string of the molecule is CNC(=O)c1cnn2c([C@@H]3CCN(Cc4ccccc4)C3)ccnc12. The van der Waals surface area contributed by atoms with Crippen LogP contribution in [0.5, 0.6) is 0 Å². The molecule has 0 spiro atoms. The fraction of sp³-hybridized carbons (Fsp3) is 0.316. The van der Waals surface area contributed by atoms with Gasteiger partial charge >= 0.3 is 0 Å². The third kappa shape index (κ3) is 3.00. The average Bonchev–Trinajstić information content (AvgIpc) is 3.28. The van der Waals surface area contributed by atoms with Crippen molar-refractivity contribution in [2.75, 3.05) is 20.1 Å². The zero-order valence-corrected chi connectivity index (χ0v) is 14.2. The van der Waals surface area contributed by atoms with Gasteiger partial charge in [0.05, 0.1) is 11.9 Å². The summed E-state index contributed by atoms with van der Waals surface area (Å²) in [4.78, 5) is 18.8. The molecule has 1 aromatic carbocycles. The minimum atomic E-state index is -0.156. The van der Waals surface area contributed by atoms with Crippen LogP contribution in [0.25, 0.3) is 5.65 Å². The highest BCUT2D eigenvalue weighted by atomic mass is 16.1. The molecule has 1 fully saturated rings. The minimum Gasteiger partial charge on any atom is -0.355 e. The first-order valence-corrected chi connectivity index (χ1v) is 8.57.